The summed E-state index contributed by atoms with van der Waals surface area (Å²) in [5, 5.41) is 6.90. The highest BCUT2D eigenvalue weighted by molar-refractivity contribution is 5.80. The second kappa shape index (κ2) is 12.2. The summed E-state index contributed by atoms with van der Waals surface area (Å²) in [6.07, 6.45) is 2.73. The first-order valence-electron chi connectivity index (χ1n) is 10.5. The minimum Gasteiger partial charge on any atom is -0.357 e. The van der Waals surface area contributed by atoms with E-state index in [1.165, 1.54) is 0 Å². The maximum atomic E-state index is 11.9. The van der Waals surface area contributed by atoms with Crippen LogP contribution < -0.4 is 10.6 Å². The Bertz CT molecular complexity index is 434. The minimum atomic E-state index is 0.245. The summed E-state index contributed by atoms with van der Waals surface area (Å²) in [6.45, 7) is 18.4. The Kier molecular flexibility index (Phi) is 10.6. The number of nitrogens with one attached hydrogen (secondary N) is 2. The molecule has 1 aliphatic heterocycles. The summed E-state index contributed by atoms with van der Waals surface area (Å²) in [5.74, 6) is 1.79. The van der Waals surface area contributed by atoms with Crippen molar-refractivity contribution in [1.82, 2.24) is 20.4 Å². The molecule has 1 heterocycles. The fraction of sp³-hybridized carbons (Fsp3) is 0.900. The van der Waals surface area contributed by atoms with E-state index in [1.807, 2.05) is 11.8 Å². The van der Waals surface area contributed by atoms with Crippen molar-refractivity contribution < 1.29 is 4.79 Å². The Balaban J connectivity index is 2.70. The first-order valence-corrected chi connectivity index (χ1v) is 10.5. The van der Waals surface area contributed by atoms with Crippen LogP contribution in [0.15, 0.2) is 4.99 Å². The van der Waals surface area contributed by atoms with Gasteiger partial charge in [0.15, 0.2) is 5.96 Å². The van der Waals surface area contributed by atoms with Gasteiger partial charge in [0.25, 0.3) is 0 Å². The van der Waals surface area contributed by atoms with Gasteiger partial charge in [0.2, 0.25) is 5.91 Å². The van der Waals surface area contributed by atoms with E-state index < -0.39 is 0 Å². The molecule has 2 N–H and O–H groups in total. The minimum absolute atomic E-state index is 0.245. The molecule has 152 valence electrons. The molecule has 1 fully saturated rings. The third kappa shape index (κ3) is 7.52. The van der Waals surface area contributed by atoms with E-state index in [9.17, 15) is 4.79 Å². The van der Waals surface area contributed by atoms with E-state index >= 15 is 0 Å². The molecule has 0 aromatic rings. The molecule has 0 saturated carbocycles. The van der Waals surface area contributed by atoms with Crippen LogP contribution in [-0.2, 0) is 4.79 Å². The van der Waals surface area contributed by atoms with E-state index in [-0.39, 0.29) is 5.91 Å². The monoisotopic (exact) mass is 367 g/mol. The van der Waals surface area contributed by atoms with Crippen LogP contribution >= 0.6 is 0 Å². The van der Waals surface area contributed by atoms with Gasteiger partial charge in [-0.1, -0.05) is 34.6 Å². The molecule has 0 radical (unpaired) electrons. The van der Waals surface area contributed by atoms with Crippen LogP contribution in [0.2, 0.25) is 0 Å². The first-order chi connectivity index (χ1) is 12.4. The average molecular weight is 368 g/mol. The lowest BCUT2D eigenvalue weighted by Gasteiger charge is -2.30. The van der Waals surface area contributed by atoms with E-state index in [1.54, 1.807) is 0 Å². The van der Waals surface area contributed by atoms with Gasteiger partial charge in [-0.2, -0.15) is 0 Å². The summed E-state index contributed by atoms with van der Waals surface area (Å²) in [7, 11) is 0. The Hall–Kier alpha value is -1.30. The Morgan fingerprint density at radius 2 is 1.92 bits per heavy atom. The number of hydrogen-bond acceptors (Lipinski definition) is 3. The number of rotatable bonds is 10. The molecule has 0 spiro atoms. The van der Waals surface area contributed by atoms with Gasteiger partial charge in [-0.3, -0.25) is 14.7 Å². The number of likely N-dealkylation sites (tertiary alicyclic amines) is 1. The number of guanidine groups is 1. The maximum Gasteiger partial charge on any atom is 0.222 e. The topological polar surface area (TPSA) is 60.0 Å². The highest BCUT2D eigenvalue weighted by Gasteiger charge is 2.26. The Morgan fingerprint density at radius 3 is 2.46 bits per heavy atom. The molecule has 1 aliphatic rings. The zero-order valence-electron chi connectivity index (χ0n) is 17.8. The molecule has 0 bridgehead atoms. The fourth-order valence-electron chi connectivity index (χ4n) is 3.66. The van der Waals surface area contributed by atoms with Crippen LogP contribution in [0.25, 0.3) is 0 Å². The molecular formula is C20H41N5O. The smallest absolute Gasteiger partial charge is 0.222 e. The lowest BCUT2D eigenvalue weighted by atomic mass is 10.0. The SMILES string of the molecule is CCNC(=NCC(CC(C)C)N(CC)CC)NC1CCN(C(=O)CC)C1. The van der Waals surface area contributed by atoms with Crippen LogP contribution in [-0.4, -0.2) is 73.0 Å². The number of likely N-dealkylation sites (N-methyl/N-ethyl adjacent to an activating group) is 1. The van der Waals surface area contributed by atoms with Gasteiger partial charge in [-0.25, -0.2) is 0 Å². The molecular weight excluding hydrogens is 326 g/mol. The maximum absolute atomic E-state index is 11.9. The molecule has 0 aliphatic carbocycles. The van der Waals surface area contributed by atoms with Crippen molar-refractivity contribution in [3.05, 3.63) is 0 Å². The number of nitrogens with zero attached hydrogens (tertiary/aromatic N) is 3. The number of hydrogen-bond donors (Lipinski definition) is 2. The van der Waals surface area contributed by atoms with Gasteiger partial charge in [-0.05, 0) is 38.8 Å². The van der Waals surface area contributed by atoms with E-state index in [2.05, 4.69) is 50.2 Å². The Labute approximate surface area is 160 Å². The van der Waals surface area contributed by atoms with Gasteiger partial charge in [0, 0.05) is 38.1 Å². The standard InChI is InChI=1S/C20H41N5O/c1-7-19(26)25-12-11-17(15-25)23-20(21-8-2)22-14-18(13-16(5)6)24(9-3)10-4/h16-18H,7-15H2,1-6H3,(H2,21,22,23). The molecule has 6 heteroatoms. The second-order valence-corrected chi connectivity index (χ2v) is 7.55. The average Bonchev–Trinajstić information content (AvgIpc) is 3.07. The van der Waals surface area contributed by atoms with Gasteiger partial charge in [-0.15, -0.1) is 0 Å². The molecule has 2 unspecified atom stereocenters. The van der Waals surface area contributed by atoms with Crippen molar-refractivity contribution in [2.75, 3.05) is 39.3 Å². The van der Waals surface area contributed by atoms with Crippen molar-refractivity contribution in [3.63, 3.8) is 0 Å². The summed E-state index contributed by atoms with van der Waals surface area (Å²) in [5.41, 5.74) is 0. The normalized spacial score (nSPS) is 19.3. The molecule has 26 heavy (non-hydrogen) atoms. The van der Waals surface area contributed by atoms with Crippen molar-refractivity contribution in [2.45, 2.75) is 72.9 Å². The number of carbonyl (C=O) groups is 1. The highest BCUT2D eigenvalue weighted by atomic mass is 16.2. The van der Waals surface area contributed by atoms with Gasteiger partial charge in [0.05, 0.1) is 6.54 Å². The second-order valence-electron chi connectivity index (χ2n) is 7.55. The van der Waals surface area contributed by atoms with Gasteiger partial charge in [0.1, 0.15) is 0 Å². The number of carbonyl (C=O) groups excluding carboxylic acids is 1. The first kappa shape index (κ1) is 22.7. The summed E-state index contributed by atoms with van der Waals surface area (Å²) in [6, 6.07) is 0.766. The molecule has 0 aromatic carbocycles. The van der Waals surface area contributed by atoms with Crippen LogP contribution in [0.4, 0.5) is 0 Å². The van der Waals surface area contributed by atoms with Crippen molar-refractivity contribution in [2.24, 2.45) is 10.9 Å². The van der Waals surface area contributed by atoms with Crippen molar-refractivity contribution in [3.8, 4) is 0 Å². The lowest BCUT2D eigenvalue weighted by Crippen LogP contribution is -2.46. The van der Waals surface area contributed by atoms with Gasteiger partial charge < -0.3 is 15.5 Å². The van der Waals surface area contributed by atoms with Crippen LogP contribution in [0.1, 0.15) is 60.8 Å². The van der Waals surface area contributed by atoms with Crippen molar-refractivity contribution >= 4 is 11.9 Å². The predicted octanol–water partition coefficient (Wildman–Crippen LogP) is 2.31. The summed E-state index contributed by atoms with van der Waals surface area (Å²) in [4.78, 5) is 21.2. The quantitative estimate of drug-likeness (QED) is 0.459. The van der Waals surface area contributed by atoms with Crippen LogP contribution in [0.5, 0.6) is 0 Å². The third-order valence-electron chi connectivity index (χ3n) is 5.06. The van der Waals surface area contributed by atoms with Crippen LogP contribution in [0.3, 0.4) is 0 Å². The van der Waals surface area contributed by atoms with E-state index in [4.69, 9.17) is 4.99 Å². The van der Waals surface area contributed by atoms with Crippen LogP contribution in [0, 0.1) is 5.92 Å². The zero-order chi connectivity index (χ0) is 19.5. The highest BCUT2D eigenvalue weighted by Crippen LogP contribution is 2.13. The van der Waals surface area contributed by atoms with Crippen molar-refractivity contribution in [1.29, 1.82) is 0 Å². The lowest BCUT2D eigenvalue weighted by molar-refractivity contribution is -0.129. The molecule has 6 nitrogen and oxygen atoms in total. The van der Waals surface area contributed by atoms with E-state index in [0.717, 1.165) is 58.1 Å². The molecule has 1 rings (SSSR count). The largest absolute Gasteiger partial charge is 0.357 e. The molecule has 1 amide bonds. The molecule has 0 aromatic heterocycles. The molecule has 1 saturated heterocycles. The predicted molar refractivity (Wildman–Crippen MR) is 111 cm³/mol. The number of aliphatic imine (C=N–C) groups is 1. The summed E-state index contributed by atoms with van der Waals surface area (Å²) >= 11 is 0. The number of amides is 1. The summed E-state index contributed by atoms with van der Waals surface area (Å²) < 4.78 is 0. The zero-order valence-corrected chi connectivity index (χ0v) is 17.8. The Morgan fingerprint density at radius 1 is 1.23 bits per heavy atom. The van der Waals surface area contributed by atoms with E-state index in [0.29, 0.717) is 24.4 Å². The van der Waals surface area contributed by atoms with Gasteiger partial charge >= 0.3 is 0 Å². The molecule has 2 atom stereocenters. The fourth-order valence-corrected chi connectivity index (χ4v) is 3.66. The third-order valence-corrected chi connectivity index (χ3v) is 5.06.